The zero-order chi connectivity index (χ0) is 14.7. The Morgan fingerprint density at radius 1 is 1.19 bits per heavy atom. The summed E-state index contributed by atoms with van der Waals surface area (Å²) in [6.45, 7) is 6.80. The minimum Gasteiger partial charge on any atom is -0.354 e. The maximum Gasteiger partial charge on any atom is 0.133 e. The van der Waals surface area contributed by atoms with Crippen LogP contribution in [0.1, 0.15) is 44.2 Å². The first kappa shape index (κ1) is 14.8. The van der Waals surface area contributed by atoms with E-state index in [9.17, 15) is 0 Å². The van der Waals surface area contributed by atoms with Gasteiger partial charge in [-0.2, -0.15) is 0 Å². The molecule has 1 aliphatic heterocycles. The van der Waals surface area contributed by atoms with Crippen LogP contribution in [0.2, 0.25) is 0 Å². The van der Waals surface area contributed by atoms with Gasteiger partial charge in [0.2, 0.25) is 0 Å². The first-order chi connectivity index (χ1) is 10.3. The number of nitrogens with zero attached hydrogens (tertiary/aromatic N) is 3. The largest absolute Gasteiger partial charge is 0.354 e. The van der Waals surface area contributed by atoms with Crippen molar-refractivity contribution in [3.05, 3.63) is 23.9 Å². The maximum atomic E-state index is 4.66. The molecule has 1 unspecified atom stereocenters. The Balaban J connectivity index is 1.66. The summed E-state index contributed by atoms with van der Waals surface area (Å²) in [7, 11) is 2.01. The molecule has 1 aliphatic carbocycles. The van der Waals surface area contributed by atoms with Crippen LogP contribution >= 0.6 is 0 Å². The Morgan fingerprint density at radius 3 is 2.57 bits per heavy atom. The second-order valence-electron chi connectivity index (χ2n) is 6.39. The zero-order valence-electron chi connectivity index (χ0n) is 13.4. The highest BCUT2D eigenvalue weighted by Gasteiger charge is 2.27. The lowest BCUT2D eigenvalue weighted by atomic mass is 10.1. The Kier molecular flexibility index (Phi) is 4.76. The Hall–Kier alpha value is -1.13. The van der Waals surface area contributed by atoms with E-state index in [1.807, 2.05) is 19.3 Å². The summed E-state index contributed by atoms with van der Waals surface area (Å²) in [5, 5.41) is 3.34. The number of rotatable bonds is 4. The van der Waals surface area contributed by atoms with Crippen LogP contribution in [-0.4, -0.2) is 49.2 Å². The van der Waals surface area contributed by atoms with Crippen molar-refractivity contribution in [3.63, 3.8) is 0 Å². The van der Waals surface area contributed by atoms with Gasteiger partial charge in [-0.3, -0.25) is 4.90 Å². The average Bonchev–Trinajstić information content (AvgIpc) is 3.09. The van der Waals surface area contributed by atoms with Gasteiger partial charge in [-0.05, 0) is 32.9 Å². The van der Waals surface area contributed by atoms with E-state index in [4.69, 9.17) is 0 Å². The van der Waals surface area contributed by atoms with E-state index in [1.54, 1.807) is 0 Å². The molecule has 4 nitrogen and oxygen atoms in total. The summed E-state index contributed by atoms with van der Waals surface area (Å²) < 4.78 is 0. The standard InChI is InChI=1S/C17H28N4/c1-14(18-2)16-8-5-9-19-17(16)21-12-10-20(11-13-21)15-6-3-4-7-15/h5,8-9,14-15,18H,3-4,6-7,10-13H2,1-2H3. The van der Waals surface area contributed by atoms with E-state index in [0.717, 1.165) is 19.1 Å². The molecule has 2 aliphatic rings. The minimum atomic E-state index is 0.349. The van der Waals surface area contributed by atoms with Crippen LogP contribution in [0.4, 0.5) is 5.82 Å². The molecule has 0 radical (unpaired) electrons. The van der Waals surface area contributed by atoms with Crippen molar-refractivity contribution in [1.82, 2.24) is 15.2 Å². The Morgan fingerprint density at radius 2 is 1.90 bits per heavy atom. The second kappa shape index (κ2) is 6.75. The minimum absolute atomic E-state index is 0.349. The summed E-state index contributed by atoms with van der Waals surface area (Å²) >= 11 is 0. The lowest BCUT2D eigenvalue weighted by molar-refractivity contribution is 0.187. The molecule has 1 saturated heterocycles. The lowest BCUT2D eigenvalue weighted by Crippen LogP contribution is -2.50. The first-order valence-corrected chi connectivity index (χ1v) is 8.41. The predicted octanol–water partition coefficient (Wildman–Crippen LogP) is 2.43. The molecule has 21 heavy (non-hydrogen) atoms. The van der Waals surface area contributed by atoms with Crippen LogP contribution < -0.4 is 10.2 Å². The molecule has 3 rings (SSSR count). The van der Waals surface area contributed by atoms with E-state index in [2.05, 4.69) is 33.1 Å². The van der Waals surface area contributed by atoms with Crippen LogP contribution in [0.5, 0.6) is 0 Å². The summed E-state index contributed by atoms with van der Waals surface area (Å²) in [4.78, 5) is 9.83. The molecule has 1 aromatic rings. The maximum absolute atomic E-state index is 4.66. The molecule has 1 N–H and O–H groups in total. The highest BCUT2D eigenvalue weighted by Crippen LogP contribution is 2.27. The van der Waals surface area contributed by atoms with Gasteiger partial charge >= 0.3 is 0 Å². The van der Waals surface area contributed by atoms with Gasteiger partial charge in [-0.15, -0.1) is 0 Å². The van der Waals surface area contributed by atoms with Gasteiger partial charge in [0, 0.05) is 50.0 Å². The van der Waals surface area contributed by atoms with Crippen molar-refractivity contribution < 1.29 is 0 Å². The topological polar surface area (TPSA) is 31.4 Å². The van der Waals surface area contributed by atoms with E-state index in [-0.39, 0.29) is 0 Å². The molecule has 1 atom stereocenters. The molecule has 0 bridgehead atoms. The number of piperazine rings is 1. The first-order valence-electron chi connectivity index (χ1n) is 8.41. The predicted molar refractivity (Wildman–Crippen MR) is 87.8 cm³/mol. The van der Waals surface area contributed by atoms with Crippen molar-refractivity contribution in [3.8, 4) is 0 Å². The molecule has 4 heteroatoms. The van der Waals surface area contributed by atoms with Crippen molar-refractivity contribution in [2.24, 2.45) is 0 Å². The van der Waals surface area contributed by atoms with Crippen LogP contribution in [0.3, 0.4) is 0 Å². The van der Waals surface area contributed by atoms with Gasteiger partial charge in [-0.25, -0.2) is 4.98 Å². The van der Waals surface area contributed by atoms with Gasteiger partial charge in [0.15, 0.2) is 0 Å². The summed E-state index contributed by atoms with van der Waals surface area (Å²) in [6.07, 6.45) is 7.59. The zero-order valence-corrected chi connectivity index (χ0v) is 13.4. The lowest BCUT2D eigenvalue weighted by Gasteiger charge is -2.39. The highest BCUT2D eigenvalue weighted by atomic mass is 15.3. The van der Waals surface area contributed by atoms with Gasteiger partial charge in [0.1, 0.15) is 5.82 Å². The van der Waals surface area contributed by atoms with E-state index in [0.29, 0.717) is 6.04 Å². The second-order valence-corrected chi connectivity index (χ2v) is 6.39. The fourth-order valence-corrected chi connectivity index (χ4v) is 3.74. The summed E-state index contributed by atoms with van der Waals surface area (Å²) in [6, 6.07) is 5.45. The van der Waals surface area contributed by atoms with Gasteiger partial charge in [-0.1, -0.05) is 18.9 Å². The molecule has 116 valence electrons. The number of hydrogen-bond donors (Lipinski definition) is 1. The van der Waals surface area contributed by atoms with Gasteiger partial charge in [0.25, 0.3) is 0 Å². The molecule has 0 aromatic carbocycles. The number of pyridine rings is 1. The fourth-order valence-electron chi connectivity index (χ4n) is 3.74. The van der Waals surface area contributed by atoms with E-state index in [1.165, 1.54) is 50.2 Å². The quantitative estimate of drug-likeness (QED) is 0.922. The SMILES string of the molecule is CNC(C)c1cccnc1N1CCN(C2CCCC2)CC1. The Labute approximate surface area is 128 Å². The molecular weight excluding hydrogens is 260 g/mol. The van der Waals surface area contributed by atoms with Crippen LogP contribution in [-0.2, 0) is 0 Å². The fraction of sp³-hybridized carbons (Fsp3) is 0.706. The normalized spacial score (nSPS) is 22.7. The third-order valence-electron chi connectivity index (χ3n) is 5.17. The average molecular weight is 288 g/mol. The summed E-state index contributed by atoms with van der Waals surface area (Å²) in [5.41, 5.74) is 1.31. The van der Waals surface area contributed by atoms with Crippen molar-refractivity contribution in [2.45, 2.75) is 44.7 Å². The van der Waals surface area contributed by atoms with Gasteiger partial charge in [0.05, 0.1) is 0 Å². The third kappa shape index (κ3) is 3.22. The molecule has 1 saturated carbocycles. The number of anilines is 1. The van der Waals surface area contributed by atoms with Crippen molar-refractivity contribution in [1.29, 1.82) is 0 Å². The third-order valence-corrected chi connectivity index (χ3v) is 5.17. The van der Waals surface area contributed by atoms with Crippen LogP contribution in [0, 0.1) is 0 Å². The van der Waals surface area contributed by atoms with Crippen molar-refractivity contribution >= 4 is 5.82 Å². The van der Waals surface area contributed by atoms with Crippen molar-refractivity contribution in [2.75, 3.05) is 38.1 Å². The molecule has 1 aromatic heterocycles. The van der Waals surface area contributed by atoms with E-state index < -0.39 is 0 Å². The van der Waals surface area contributed by atoms with Gasteiger partial charge < -0.3 is 10.2 Å². The van der Waals surface area contributed by atoms with Crippen LogP contribution in [0.25, 0.3) is 0 Å². The Bertz CT molecular complexity index is 448. The smallest absolute Gasteiger partial charge is 0.133 e. The molecule has 0 amide bonds. The number of hydrogen-bond acceptors (Lipinski definition) is 4. The molecule has 0 spiro atoms. The summed E-state index contributed by atoms with van der Waals surface area (Å²) in [5.74, 6) is 1.17. The van der Waals surface area contributed by atoms with E-state index >= 15 is 0 Å². The number of nitrogens with one attached hydrogen (secondary N) is 1. The molecular formula is C17H28N4. The highest BCUT2D eigenvalue weighted by molar-refractivity contribution is 5.48. The molecule has 2 heterocycles. The number of aromatic nitrogens is 1. The monoisotopic (exact) mass is 288 g/mol. The molecule has 2 fully saturated rings. The van der Waals surface area contributed by atoms with Crippen LogP contribution in [0.15, 0.2) is 18.3 Å².